The van der Waals surface area contributed by atoms with E-state index in [0.29, 0.717) is 12.8 Å². The third-order valence-electron chi connectivity index (χ3n) is 4.43. The van der Waals surface area contributed by atoms with E-state index in [1.165, 1.54) is 0 Å². The number of rotatable bonds is 5. The highest BCUT2D eigenvalue weighted by molar-refractivity contribution is 5.83. The van der Waals surface area contributed by atoms with Gasteiger partial charge in [0.05, 0.1) is 17.8 Å². The molecule has 0 radical (unpaired) electrons. The van der Waals surface area contributed by atoms with Crippen LogP contribution in [0.2, 0.25) is 0 Å². The molecule has 0 spiro atoms. The lowest BCUT2D eigenvalue weighted by molar-refractivity contribution is -0.169. The number of carboxylic acid groups (broad SMARTS) is 1. The summed E-state index contributed by atoms with van der Waals surface area (Å²) >= 11 is 0. The monoisotopic (exact) mass is 362 g/mol. The maximum absolute atomic E-state index is 12.4. The van der Waals surface area contributed by atoms with Crippen molar-refractivity contribution in [1.29, 1.82) is 0 Å². The Labute approximate surface area is 153 Å². The van der Waals surface area contributed by atoms with Crippen LogP contribution in [0.3, 0.4) is 0 Å². The number of benzene rings is 1. The Morgan fingerprint density at radius 1 is 1.04 bits per heavy atom. The SMILES string of the molecule is CC(C)(C)OC(=O)[C@@H]1CC[C@H](C(=O)OCc2ccccc2)[C@H](C(=O)O)C1. The summed E-state index contributed by atoms with van der Waals surface area (Å²) in [6.45, 7) is 5.42. The molecule has 2 rings (SSSR count). The molecule has 26 heavy (non-hydrogen) atoms. The summed E-state index contributed by atoms with van der Waals surface area (Å²) in [7, 11) is 0. The van der Waals surface area contributed by atoms with Crippen molar-refractivity contribution < 1.29 is 29.0 Å². The van der Waals surface area contributed by atoms with E-state index < -0.39 is 41.3 Å². The van der Waals surface area contributed by atoms with E-state index >= 15 is 0 Å². The first-order chi connectivity index (χ1) is 12.2. The topological polar surface area (TPSA) is 89.9 Å². The molecule has 1 saturated carbocycles. The predicted molar refractivity (Wildman–Crippen MR) is 94.0 cm³/mol. The summed E-state index contributed by atoms with van der Waals surface area (Å²) < 4.78 is 10.7. The molecule has 142 valence electrons. The molecule has 1 aliphatic rings. The Kier molecular flexibility index (Phi) is 6.40. The summed E-state index contributed by atoms with van der Waals surface area (Å²) in [5.41, 5.74) is 0.219. The lowest BCUT2D eigenvalue weighted by Crippen LogP contribution is -2.40. The molecule has 3 atom stereocenters. The smallest absolute Gasteiger partial charge is 0.310 e. The van der Waals surface area contributed by atoms with Gasteiger partial charge >= 0.3 is 17.9 Å². The Balaban J connectivity index is 1.98. The number of hydrogen-bond acceptors (Lipinski definition) is 5. The van der Waals surface area contributed by atoms with Crippen LogP contribution in [0.15, 0.2) is 30.3 Å². The highest BCUT2D eigenvalue weighted by Crippen LogP contribution is 2.36. The first-order valence-corrected chi connectivity index (χ1v) is 8.83. The number of carbonyl (C=O) groups excluding carboxylic acids is 2. The zero-order valence-corrected chi connectivity index (χ0v) is 15.4. The molecule has 0 saturated heterocycles. The van der Waals surface area contributed by atoms with Crippen LogP contribution in [-0.2, 0) is 30.5 Å². The fourth-order valence-electron chi connectivity index (χ4n) is 3.16. The minimum atomic E-state index is -1.08. The molecule has 0 bridgehead atoms. The Morgan fingerprint density at radius 2 is 1.69 bits per heavy atom. The lowest BCUT2D eigenvalue weighted by Gasteiger charge is -2.32. The summed E-state index contributed by atoms with van der Waals surface area (Å²) in [6.07, 6.45) is 0.813. The molecule has 0 heterocycles. The molecule has 1 aromatic carbocycles. The molecule has 1 N–H and O–H groups in total. The van der Waals surface area contributed by atoms with Crippen molar-refractivity contribution in [3.8, 4) is 0 Å². The Morgan fingerprint density at radius 3 is 2.27 bits per heavy atom. The maximum Gasteiger partial charge on any atom is 0.310 e. The van der Waals surface area contributed by atoms with Crippen molar-refractivity contribution in [2.45, 2.75) is 52.2 Å². The standard InChI is InChI=1S/C20H26O6/c1-20(2,3)26-18(23)14-9-10-15(16(11-14)17(21)22)19(24)25-12-13-7-5-4-6-8-13/h4-8,14-16H,9-12H2,1-3H3,(H,21,22)/t14-,15+,16-/m1/s1. The fourth-order valence-corrected chi connectivity index (χ4v) is 3.16. The number of hydrogen-bond donors (Lipinski definition) is 1. The van der Waals surface area contributed by atoms with E-state index in [9.17, 15) is 19.5 Å². The van der Waals surface area contributed by atoms with Gasteiger partial charge in [-0.1, -0.05) is 30.3 Å². The molecule has 1 aliphatic carbocycles. The van der Waals surface area contributed by atoms with Crippen molar-refractivity contribution in [1.82, 2.24) is 0 Å². The van der Waals surface area contributed by atoms with E-state index in [0.717, 1.165) is 5.56 Å². The van der Waals surface area contributed by atoms with E-state index in [1.54, 1.807) is 20.8 Å². The van der Waals surface area contributed by atoms with Gasteiger partial charge in [-0.25, -0.2) is 0 Å². The number of aliphatic carboxylic acids is 1. The van der Waals surface area contributed by atoms with Crippen LogP contribution in [0.1, 0.15) is 45.6 Å². The molecule has 0 unspecified atom stereocenters. The molecule has 0 aliphatic heterocycles. The molecule has 6 heteroatoms. The Bertz CT molecular complexity index is 646. The average molecular weight is 362 g/mol. The highest BCUT2D eigenvalue weighted by Gasteiger charge is 2.43. The van der Waals surface area contributed by atoms with Crippen LogP contribution in [0.25, 0.3) is 0 Å². The molecular weight excluding hydrogens is 336 g/mol. The van der Waals surface area contributed by atoms with Crippen molar-refractivity contribution in [2.24, 2.45) is 17.8 Å². The first-order valence-electron chi connectivity index (χ1n) is 8.83. The predicted octanol–water partition coefficient (Wildman–Crippen LogP) is 3.19. The quantitative estimate of drug-likeness (QED) is 0.809. The fraction of sp³-hybridized carbons (Fsp3) is 0.550. The molecule has 6 nitrogen and oxygen atoms in total. The third-order valence-corrected chi connectivity index (χ3v) is 4.43. The minimum Gasteiger partial charge on any atom is -0.481 e. The van der Waals surface area contributed by atoms with Crippen LogP contribution < -0.4 is 0 Å². The molecule has 0 amide bonds. The molecule has 0 aromatic heterocycles. The van der Waals surface area contributed by atoms with Crippen molar-refractivity contribution in [2.75, 3.05) is 0 Å². The van der Waals surface area contributed by atoms with Gasteiger partial charge in [0.1, 0.15) is 12.2 Å². The van der Waals surface area contributed by atoms with Crippen LogP contribution in [0, 0.1) is 17.8 Å². The number of carbonyl (C=O) groups is 3. The largest absolute Gasteiger partial charge is 0.481 e. The summed E-state index contributed by atoms with van der Waals surface area (Å²) in [5.74, 6) is -4.20. The zero-order chi connectivity index (χ0) is 19.3. The van der Waals surface area contributed by atoms with Crippen LogP contribution in [-0.4, -0.2) is 28.6 Å². The van der Waals surface area contributed by atoms with Gasteiger partial charge in [-0.2, -0.15) is 0 Å². The van der Waals surface area contributed by atoms with Gasteiger partial charge < -0.3 is 14.6 Å². The number of esters is 2. The minimum absolute atomic E-state index is 0.0926. The number of ether oxygens (including phenoxy) is 2. The van der Waals surface area contributed by atoms with Crippen LogP contribution in [0.4, 0.5) is 0 Å². The first kappa shape index (κ1) is 19.9. The molecular formula is C20H26O6. The van der Waals surface area contributed by atoms with Gasteiger partial charge in [0.2, 0.25) is 0 Å². The highest BCUT2D eigenvalue weighted by atomic mass is 16.6. The second-order valence-electron chi connectivity index (χ2n) is 7.69. The summed E-state index contributed by atoms with van der Waals surface area (Å²) in [4.78, 5) is 36.3. The van der Waals surface area contributed by atoms with Gasteiger partial charge in [0, 0.05) is 0 Å². The summed E-state index contributed by atoms with van der Waals surface area (Å²) in [6, 6.07) is 9.22. The maximum atomic E-state index is 12.4. The van der Waals surface area contributed by atoms with E-state index in [2.05, 4.69) is 0 Å². The van der Waals surface area contributed by atoms with E-state index in [4.69, 9.17) is 9.47 Å². The van der Waals surface area contributed by atoms with Crippen molar-refractivity contribution in [3.05, 3.63) is 35.9 Å². The molecule has 1 fully saturated rings. The third kappa shape index (κ3) is 5.58. The average Bonchev–Trinajstić information content (AvgIpc) is 2.58. The van der Waals surface area contributed by atoms with E-state index in [1.807, 2.05) is 30.3 Å². The zero-order valence-electron chi connectivity index (χ0n) is 15.4. The van der Waals surface area contributed by atoms with Gasteiger partial charge in [0.15, 0.2) is 0 Å². The van der Waals surface area contributed by atoms with Gasteiger partial charge in [0.25, 0.3) is 0 Å². The van der Waals surface area contributed by atoms with Crippen LogP contribution in [0.5, 0.6) is 0 Å². The van der Waals surface area contributed by atoms with Crippen LogP contribution >= 0.6 is 0 Å². The van der Waals surface area contributed by atoms with Gasteiger partial charge in [-0.3, -0.25) is 14.4 Å². The van der Waals surface area contributed by atoms with Crippen molar-refractivity contribution >= 4 is 17.9 Å². The van der Waals surface area contributed by atoms with Crippen molar-refractivity contribution in [3.63, 3.8) is 0 Å². The second kappa shape index (κ2) is 8.34. The summed E-state index contributed by atoms with van der Waals surface area (Å²) in [5, 5.41) is 9.52. The molecule has 1 aromatic rings. The normalized spacial score (nSPS) is 23.1. The second-order valence-corrected chi connectivity index (χ2v) is 7.69. The number of carboxylic acids is 1. The van der Waals surface area contributed by atoms with E-state index in [-0.39, 0.29) is 13.0 Å². The Hall–Kier alpha value is -2.37. The van der Waals surface area contributed by atoms with Gasteiger partial charge in [-0.05, 0) is 45.6 Å². The lowest BCUT2D eigenvalue weighted by atomic mass is 9.74. The van der Waals surface area contributed by atoms with Gasteiger partial charge in [-0.15, -0.1) is 0 Å².